The van der Waals surface area contributed by atoms with Crippen molar-refractivity contribution >= 4 is 50.8 Å². The molecular weight excluding hydrogens is 476 g/mol. The normalized spacial score (nSPS) is 10.3. The third-order valence-corrected chi connectivity index (χ3v) is 4.32. The van der Waals surface area contributed by atoms with Crippen molar-refractivity contribution in [3.8, 4) is 5.75 Å². The van der Waals surface area contributed by atoms with E-state index in [1.165, 1.54) is 24.3 Å². The van der Waals surface area contributed by atoms with Crippen LogP contribution in [0.3, 0.4) is 0 Å². The smallest absolute Gasteiger partial charge is 0.282 e. The molecule has 2 amide bonds. The molecule has 9 nitrogen and oxygen atoms in total. The van der Waals surface area contributed by atoms with Gasteiger partial charge in [0.25, 0.3) is 17.5 Å². The lowest BCUT2D eigenvalue weighted by Crippen LogP contribution is -2.48. The van der Waals surface area contributed by atoms with Gasteiger partial charge in [0.05, 0.1) is 17.1 Å². The van der Waals surface area contributed by atoms with Crippen molar-refractivity contribution in [3.05, 3.63) is 68.2 Å². The first kappa shape index (κ1) is 23.2. The van der Waals surface area contributed by atoms with E-state index in [1.807, 2.05) is 13.8 Å². The summed E-state index contributed by atoms with van der Waals surface area (Å²) >= 11 is 8.33. The molecule has 0 saturated carbocycles. The van der Waals surface area contributed by atoms with Crippen molar-refractivity contribution in [2.75, 3.05) is 6.61 Å². The van der Waals surface area contributed by atoms with Gasteiger partial charge >= 0.3 is 0 Å². The summed E-state index contributed by atoms with van der Waals surface area (Å²) < 4.78 is 6.34. The Hall–Kier alpha value is -3.05. The fraction of sp³-hybridized carbons (Fsp3) is 0.211. The fourth-order valence-electron chi connectivity index (χ4n) is 2.27. The van der Waals surface area contributed by atoms with Crippen LogP contribution >= 0.6 is 28.1 Å². The number of ether oxygens (including phenoxy) is 1. The number of para-hydroxylation sites is 1. The predicted octanol–water partition coefficient (Wildman–Crippen LogP) is 3.34. The minimum absolute atomic E-state index is 0.152. The minimum atomic E-state index is -0.776. The Bertz CT molecular complexity index is 983. The van der Waals surface area contributed by atoms with E-state index >= 15 is 0 Å². The van der Waals surface area contributed by atoms with E-state index in [1.54, 1.807) is 18.2 Å². The number of carbonyl (C=O) groups is 2. The summed E-state index contributed by atoms with van der Waals surface area (Å²) in [5, 5.41) is 13.3. The van der Waals surface area contributed by atoms with E-state index < -0.39 is 16.7 Å². The van der Waals surface area contributed by atoms with E-state index in [0.717, 1.165) is 0 Å². The molecule has 0 fully saturated rings. The minimum Gasteiger partial charge on any atom is -0.492 e. The highest BCUT2D eigenvalue weighted by atomic mass is 79.9. The molecule has 0 aliphatic rings. The van der Waals surface area contributed by atoms with Gasteiger partial charge in [-0.2, -0.15) is 0 Å². The highest BCUT2D eigenvalue weighted by molar-refractivity contribution is 9.10. The highest BCUT2D eigenvalue weighted by Crippen LogP contribution is 2.24. The third kappa shape index (κ3) is 6.49. The molecule has 30 heavy (non-hydrogen) atoms. The van der Waals surface area contributed by atoms with Crippen molar-refractivity contribution in [1.82, 2.24) is 16.2 Å². The lowest BCUT2D eigenvalue weighted by molar-refractivity contribution is -0.385. The highest BCUT2D eigenvalue weighted by Gasteiger charge is 2.20. The summed E-state index contributed by atoms with van der Waals surface area (Å²) in [4.78, 5) is 35.2. The molecule has 0 radical (unpaired) electrons. The van der Waals surface area contributed by atoms with Crippen LogP contribution in [0, 0.1) is 16.0 Å². The zero-order valence-corrected chi connectivity index (χ0v) is 18.5. The number of nitrogens with one attached hydrogen (secondary N) is 3. The van der Waals surface area contributed by atoms with E-state index in [2.05, 4.69) is 32.1 Å². The van der Waals surface area contributed by atoms with Crippen LogP contribution in [0.25, 0.3) is 0 Å². The van der Waals surface area contributed by atoms with E-state index in [9.17, 15) is 19.7 Å². The molecule has 0 aliphatic carbocycles. The molecule has 158 valence electrons. The lowest BCUT2D eigenvalue weighted by Gasteiger charge is -2.15. The molecule has 0 spiro atoms. The van der Waals surface area contributed by atoms with E-state index in [4.69, 9.17) is 17.0 Å². The second-order valence-corrected chi connectivity index (χ2v) is 7.81. The number of benzene rings is 2. The molecule has 0 aliphatic heterocycles. The van der Waals surface area contributed by atoms with Gasteiger partial charge in [-0.3, -0.25) is 35.9 Å². The number of carbonyl (C=O) groups excluding carboxylic acids is 2. The van der Waals surface area contributed by atoms with Gasteiger partial charge in [0.2, 0.25) is 0 Å². The van der Waals surface area contributed by atoms with E-state index in [-0.39, 0.29) is 27.8 Å². The Morgan fingerprint density at radius 3 is 2.50 bits per heavy atom. The number of hydrogen-bond donors (Lipinski definition) is 3. The molecule has 2 aromatic carbocycles. The maximum Gasteiger partial charge on any atom is 0.282 e. The summed E-state index contributed by atoms with van der Waals surface area (Å²) in [6.45, 7) is 4.39. The van der Waals surface area contributed by atoms with Gasteiger partial charge in [-0.05, 0) is 42.4 Å². The summed E-state index contributed by atoms with van der Waals surface area (Å²) in [5.41, 5.74) is 4.33. The zero-order chi connectivity index (χ0) is 22.3. The molecule has 2 rings (SSSR count). The van der Waals surface area contributed by atoms with Crippen LogP contribution in [-0.2, 0) is 0 Å². The first-order valence-electron chi connectivity index (χ1n) is 8.76. The van der Waals surface area contributed by atoms with Crippen LogP contribution in [0.1, 0.15) is 34.6 Å². The van der Waals surface area contributed by atoms with Crippen LogP contribution in [0.2, 0.25) is 0 Å². The molecule has 2 aromatic rings. The van der Waals surface area contributed by atoms with E-state index in [0.29, 0.717) is 16.8 Å². The van der Waals surface area contributed by atoms with Gasteiger partial charge in [-0.1, -0.05) is 41.9 Å². The van der Waals surface area contributed by atoms with Gasteiger partial charge in [0, 0.05) is 10.5 Å². The quantitative estimate of drug-likeness (QED) is 0.319. The maximum absolute atomic E-state index is 12.6. The Balaban J connectivity index is 2.02. The summed E-state index contributed by atoms with van der Waals surface area (Å²) in [7, 11) is 0. The number of amides is 2. The molecular formula is C19H19BrN4O5S. The zero-order valence-electron chi connectivity index (χ0n) is 16.1. The monoisotopic (exact) mass is 494 g/mol. The summed E-state index contributed by atoms with van der Waals surface area (Å²) in [5.74, 6) is -0.671. The van der Waals surface area contributed by atoms with Crippen molar-refractivity contribution in [2.45, 2.75) is 13.8 Å². The van der Waals surface area contributed by atoms with Gasteiger partial charge in [0.15, 0.2) is 5.11 Å². The van der Waals surface area contributed by atoms with Crippen LogP contribution in [0.4, 0.5) is 5.69 Å². The van der Waals surface area contributed by atoms with Gasteiger partial charge in [-0.15, -0.1) is 0 Å². The number of rotatable bonds is 6. The number of halogens is 1. The Kier molecular flexibility index (Phi) is 8.25. The molecule has 0 bridgehead atoms. The first-order chi connectivity index (χ1) is 14.2. The molecule has 3 N–H and O–H groups in total. The Labute approximate surface area is 186 Å². The van der Waals surface area contributed by atoms with Crippen molar-refractivity contribution in [3.63, 3.8) is 0 Å². The van der Waals surface area contributed by atoms with Crippen LogP contribution in [-0.4, -0.2) is 28.5 Å². The number of hydrogen-bond acceptors (Lipinski definition) is 6. The van der Waals surface area contributed by atoms with Crippen LogP contribution < -0.4 is 20.9 Å². The van der Waals surface area contributed by atoms with Gasteiger partial charge < -0.3 is 4.74 Å². The number of hydrazine groups is 1. The molecule has 0 heterocycles. The van der Waals surface area contributed by atoms with Crippen molar-refractivity contribution in [1.29, 1.82) is 0 Å². The topological polar surface area (TPSA) is 123 Å². The predicted molar refractivity (Wildman–Crippen MR) is 118 cm³/mol. The lowest BCUT2D eigenvalue weighted by atomic mass is 10.2. The molecule has 0 atom stereocenters. The second-order valence-electron chi connectivity index (χ2n) is 6.48. The number of nitro groups is 1. The van der Waals surface area contributed by atoms with Crippen molar-refractivity contribution in [2.24, 2.45) is 5.92 Å². The molecule has 0 unspecified atom stereocenters. The number of thiocarbonyl (C=S) groups is 1. The fourth-order valence-corrected chi connectivity index (χ4v) is 2.77. The third-order valence-electron chi connectivity index (χ3n) is 3.62. The van der Waals surface area contributed by atoms with Gasteiger partial charge in [-0.25, -0.2) is 0 Å². The number of nitrogens with zero attached hydrogens (tertiary/aromatic N) is 1. The second kappa shape index (κ2) is 10.6. The Morgan fingerprint density at radius 2 is 1.83 bits per heavy atom. The van der Waals surface area contributed by atoms with Crippen molar-refractivity contribution < 1.29 is 19.2 Å². The first-order valence-corrected chi connectivity index (χ1v) is 9.96. The number of nitro benzene ring substituents is 1. The Morgan fingerprint density at radius 1 is 1.13 bits per heavy atom. The van der Waals surface area contributed by atoms with Gasteiger partial charge in [0.1, 0.15) is 11.3 Å². The maximum atomic E-state index is 12.6. The molecule has 0 aromatic heterocycles. The average Bonchev–Trinajstić information content (AvgIpc) is 2.70. The van der Waals surface area contributed by atoms with Crippen LogP contribution in [0.15, 0.2) is 46.9 Å². The largest absolute Gasteiger partial charge is 0.492 e. The summed E-state index contributed by atoms with van der Waals surface area (Å²) in [6, 6.07) is 10.4. The SMILES string of the molecule is CC(C)COc1ccc(Br)cc1C(=O)NC(=S)NNC(=O)c1ccccc1[N+](=O)[O-]. The average molecular weight is 495 g/mol. The van der Waals surface area contributed by atoms with Crippen LogP contribution in [0.5, 0.6) is 5.75 Å². The summed E-state index contributed by atoms with van der Waals surface area (Å²) in [6.07, 6.45) is 0. The molecule has 0 saturated heterocycles. The molecule has 11 heteroatoms. The standard InChI is InChI=1S/C19H19BrN4O5S/c1-11(2)10-29-16-8-7-12(20)9-14(16)17(25)21-19(30)23-22-18(26)13-5-3-4-6-15(13)24(27)28/h3-9,11H,10H2,1-2H3,(H,22,26)(H2,21,23,25,30).